The van der Waals surface area contributed by atoms with Gasteiger partial charge < -0.3 is 25.8 Å². The first kappa shape index (κ1) is 28.5. The van der Waals surface area contributed by atoms with Crippen LogP contribution in [0.4, 0.5) is 29.3 Å². The van der Waals surface area contributed by atoms with Crippen LogP contribution in [0.3, 0.4) is 0 Å². The number of alkyl carbamates (subject to hydrolysis) is 1. The van der Waals surface area contributed by atoms with Crippen molar-refractivity contribution in [3.05, 3.63) is 64.4 Å². The summed E-state index contributed by atoms with van der Waals surface area (Å²) in [5.41, 5.74) is 5.74. The molecule has 1 amide bonds. The van der Waals surface area contributed by atoms with Gasteiger partial charge in [-0.15, -0.1) is 0 Å². The number of ether oxygens (including phenoxy) is 2. The van der Waals surface area contributed by atoms with Crippen molar-refractivity contribution < 1.29 is 27.4 Å². The second kappa shape index (κ2) is 11.3. The van der Waals surface area contributed by atoms with Gasteiger partial charge in [0.25, 0.3) is 0 Å². The van der Waals surface area contributed by atoms with Crippen LogP contribution in [0.5, 0.6) is 5.75 Å². The summed E-state index contributed by atoms with van der Waals surface area (Å²) < 4.78 is 51.8. The van der Waals surface area contributed by atoms with Crippen molar-refractivity contribution in [2.24, 2.45) is 0 Å². The van der Waals surface area contributed by atoms with Gasteiger partial charge in [-0.25, -0.2) is 19.2 Å². The minimum absolute atomic E-state index is 0.00242. The fourth-order valence-electron chi connectivity index (χ4n) is 4.24. The molecule has 0 atom stereocenters. The van der Waals surface area contributed by atoms with Gasteiger partial charge in [0.1, 0.15) is 16.9 Å². The van der Waals surface area contributed by atoms with Crippen LogP contribution >= 0.6 is 15.9 Å². The topological polar surface area (TPSA) is 111 Å². The summed E-state index contributed by atoms with van der Waals surface area (Å²) in [5, 5.41) is 5.79. The summed E-state index contributed by atoms with van der Waals surface area (Å²) in [6, 6.07) is 7.66. The monoisotopic (exact) mass is 607 g/mol. The summed E-state index contributed by atoms with van der Waals surface area (Å²) in [6.07, 6.45) is 4.62. The van der Waals surface area contributed by atoms with Gasteiger partial charge in [-0.05, 0) is 64.3 Å². The van der Waals surface area contributed by atoms with Gasteiger partial charge in [-0.2, -0.15) is 8.78 Å². The van der Waals surface area contributed by atoms with Crippen LogP contribution in [0.15, 0.2) is 47.2 Å². The number of amides is 1. The standard InChI is InChI=1S/C27H29BrF3N5O3/c1-26(2,3)39-25(37)36-27(10-5-11-27)23-34-12-15(13-35-23)16-8-9-19(32)22(21(16)29)33-14-17-18(28)6-4-7-20(17)38-24(30)31/h4,6-9,12-13,24,33H,5,10-11,14,32H2,1-3H3,(H,36,37). The molecule has 0 aliphatic heterocycles. The van der Waals surface area contributed by atoms with E-state index in [2.05, 4.69) is 41.3 Å². The van der Waals surface area contributed by atoms with Crippen LogP contribution in [0.1, 0.15) is 51.4 Å². The molecule has 0 radical (unpaired) electrons. The first-order valence-corrected chi connectivity index (χ1v) is 13.1. The Morgan fingerprint density at radius 2 is 1.87 bits per heavy atom. The number of nitrogens with one attached hydrogen (secondary N) is 2. The number of rotatable bonds is 8. The first-order valence-electron chi connectivity index (χ1n) is 12.3. The van der Waals surface area contributed by atoms with E-state index in [0.29, 0.717) is 34.3 Å². The number of hydrogen-bond donors (Lipinski definition) is 3. The average Bonchev–Trinajstić information content (AvgIpc) is 2.81. The number of nitrogens with two attached hydrogens (primary N) is 1. The zero-order valence-electron chi connectivity index (χ0n) is 21.7. The fourth-order valence-corrected chi connectivity index (χ4v) is 4.72. The number of aromatic nitrogens is 2. The van der Waals surface area contributed by atoms with Crippen LogP contribution in [0.25, 0.3) is 11.1 Å². The van der Waals surface area contributed by atoms with Crippen LogP contribution in [-0.4, -0.2) is 28.3 Å². The molecule has 1 fully saturated rings. The van der Waals surface area contributed by atoms with Gasteiger partial charge in [0, 0.05) is 40.1 Å². The SMILES string of the molecule is CC(C)(C)OC(=O)NC1(c2ncc(-c3ccc(N)c(NCc4c(Br)cccc4OC(F)F)c3F)cn2)CCC1. The van der Waals surface area contributed by atoms with E-state index in [-0.39, 0.29) is 29.2 Å². The summed E-state index contributed by atoms with van der Waals surface area (Å²) in [4.78, 5) is 21.3. The number of halogens is 4. The molecular weight excluding hydrogens is 579 g/mol. The highest BCUT2D eigenvalue weighted by Gasteiger charge is 2.43. The molecule has 4 N–H and O–H groups in total. The van der Waals surface area contributed by atoms with E-state index >= 15 is 4.39 Å². The zero-order valence-corrected chi connectivity index (χ0v) is 23.2. The van der Waals surface area contributed by atoms with E-state index in [4.69, 9.17) is 10.5 Å². The molecule has 1 heterocycles. The number of anilines is 2. The number of alkyl halides is 2. The molecule has 0 spiro atoms. The van der Waals surface area contributed by atoms with Gasteiger partial charge >= 0.3 is 12.7 Å². The Bertz CT molecular complexity index is 1350. The number of carbonyl (C=O) groups excluding carboxylic acids is 1. The molecule has 1 aromatic heterocycles. The molecule has 8 nitrogen and oxygen atoms in total. The lowest BCUT2D eigenvalue weighted by Gasteiger charge is -2.41. The van der Waals surface area contributed by atoms with E-state index in [1.54, 1.807) is 32.9 Å². The maximum absolute atomic E-state index is 15.6. The number of hydrogen-bond acceptors (Lipinski definition) is 7. The van der Waals surface area contributed by atoms with Gasteiger partial charge in [-0.1, -0.05) is 22.0 Å². The first-order chi connectivity index (χ1) is 18.4. The quantitative estimate of drug-likeness (QED) is 0.243. The normalized spacial score (nSPS) is 14.5. The third kappa shape index (κ3) is 6.55. The number of benzene rings is 2. The highest BCUT2D eigenvalue weighted by atomic mass is 79.9. The highest BCUT2D eigenvalue weighted by Crippen LogP contribution is 2.40. The predicted octanol–water partition coefficient (Wildman–Crippen LogP) is 6.74. The van der Waals surface area contributed by atoms with Crippen molar-refractivity contribution in [2.75, 3.05) is 11.1 Å². The number of carbonyl (C=O) groups is 1. The Morgan fingerprint density at radius 1 is 1.18 bits per heavy atom. The maximum Gasteiger partial charge on any atom is 0.408 e. The van der Waals surface area contributed by atoms with Crippen molar-refractivity contribution in [3.8, 4) is 16.9 Å². The van der Waals surface area contributed by atoms with E-state index < -0.39 is 29.7 Å². The Morgan fingerprint density at radius 3 is 2.46 bits per heavy atom. The summed E-state index contributed by atoms with van der Waals surface area (Å²) in [5.74, 6) is -0.283. The molecular formula is C27H29BrF3N5O3. The predicted molar refractivity (Wildman–Crippen MR) is 145 cm³/mol. The Kier molecular flexibility index (Phi) is 8.24. The zero-order chi connectivity index (χ0) is 28.4. The molecule has 1 aliphatic rings. The molecule has 1 saturated carbocycles. The van der Waals surface area contributed by atoms with Crippen LogP contribution in [0, 0.1) is 5.82 Å². The number of nitrogen functional groups attached to an aromatic ring is 1. The van der Waals surface area contributed by atoms with E-state index in [1.165, 1.54) is 30.6 Å². The van der Waals surface area contributed by atoms with Crippen molar-refractivity contribution in [3.63, 3.8) is 0 Å². The van der Waals surface area contributed by atoms with Crippen LogP contribution < -0.4 is 21.1 Å². The molecule has 12 heteroatoms. The summed E-state index contributed by atoms with van der Waals surface area (Å²) in [6.45, 7) is 2.30. The molecule has 0 bridgehead atoms. The van der Waals surface area contributed by atoms with Gasteiger partial charge in [0.2, 0.25) is 0 Å². The maximum atomic E-state index is 15.6. The Balaban J connectivity index is 1.55. The summed E-state index contributed by atoms with van der Waals surface area (Å²) in [7, 11) is 0. The smallest absolute Gasteiger partial charge is 0.408 e. The average molecular weight is 608 g/mol. The van der Waals surface area contributed by atoms with E-state index in [1.807, 2.05) is 0 Å². The lowest BCUT2D eigenvalue weighted by molar-refractivity contribution is -0.0504. The molecule has 3 aromatic rings. The van der Waals surface area contributed by atoms with Crippen LogP contribution in [0.2, 0.25) is 0 Å². The van der Waals surface area contributed by atoms with Crippen molar-refractivity contribution in [1.82, 2.24) is 15.3 Å². The molecule has 4 rings (SSSR count). The van der Waals surface area contributed by atoms with Gasteiger partial charge in [0.05, 0.1) is 11.4 Å². The molecule has 39 heavy (non-hydrogen) atoms. The minimum Gasteiger partial charge on any atom is -0.444 e. The Hall–Kier alpha value is -3.54. The molecule has 1 aliphatic carbocycles. The van der Waals surface area contributed by atoms with Gasteiger partial charge in [-0.3, -0.25) is 0 Å². The third-order valence-corrected chi connectivity index (χ3v) is 6.99. The molecule has 208 valence electrons. The van der Waals surface area contributed by atoms with E-state index in [0.717, 1.165) is 6.42 Å². The molecule has 2 aromatic carbocycles. The van der Waals surface area contributed by atoms with Crippen LogP contribution in [-0.2, 0) is 16.8 Å². The van der Waals surface area contributed by atoms with Crippen molar-refractivity contribution in [1.29, 1.82) is 0 Å². The van der Waals surface area contributed by atoms with Crippen molar-refractivity contribution in [2.45, 2.75) is 64.3 Å². The van der Waals surface area contributed by atoms with Crippen molar-refractivity contribution >= 4 is 33.4 Å². The van der Waals surface area contributed by atoms with Gasteiger partial charge in [0.15, 0.2) is 11.6 Å². The fraction of sp³-hybridized carbons (Fsp3) is 0.370. The minimum atomic E-state index is -3.01. The Labute approximate surface area is 232 Å². The largest absolute Gasteiger partial charge is 0.444 e. The lowest BCUT2D eigenvalue weighted by atomic mass is 9.76. The third-order valence-electron chi connectivity index (χ3n) is 6.25. The second-order valence-electron chi connectivity index (χ2n) is 10.2. The summed E-state index contributed by atoms with van der Waals surface area (Å²) >= 11 is 3.32. The highest BCUT2D eigenvalue weighted by molar-refractivity contribution is 9.10. The molecule has 0 unspecified atom stereocenters. The molecule has 0 saturated heterocycles. The number of nitrogens with zero attached hydrogens (tertiary/aromatic N) is 2. The lowest BCUT2D eigenvalue weighted by Crippen LogP contribution is -2.53. The second-order valence-corrected chi connectivity index (χ2v) is 11.1. The van der Waals surface area contributed by atoms with E-state index in [9.17, 15) is 13.6 Å².